The second-order valence-electron chi connectivity index (χ2n) is 6.36. The lowest BCUT2D eigenvalue weighted by Crippen LogP contribution is -2.13. The number of nitrogens with one attached hydrogen (secondary N) is 1. The van der Waals surface area contributed by atoms with Gasteiger partial charge in [-0.25, -0.2) is 4.39 Å². The molecule has 3 rings (SSSR count). The monoisotopic (exact) mass is 562 g/mol. The molecule has 3 aromatic carbocycles. The van der Waals surface area contributed by atoms with Crippen LogP contribution >= 0.6 is 43.5 Å². The number of nitrogens with zero attached hydrogens (tertiary/aromatic N) is 1. The number of ether oxygens (including phenoxy) is 1. The Morgan fingerprint density at radius 3 is 2.55 bits per heavy atom. The SMILES string of the molecule is N#C/C(=C/c1cc(Cl)c(OCc2ccc(F)cc2)c(Br)c1)C(=O)Nc1cccc(Br)c1. The molecular weight excluding hydrogens is 551 g/mol. The number of carbonyl (C=O) groups is 1. The summed E-state index contributed by atoms with van der Waals surface area (Å²) < 4.78 is 20.1. The van der Waals surface area contributed by atoms with Crippen molar-refractivity contribution in [1.29, 1.82) is 5.26 Å². The Labute approximate surface area is 200 Å². The maximum atomic E-state index is 13.0. The summed E-state index contributed by atoms with van der Waals surface area (Å²) in [6.07, 6.45) is 1.44. The molecule has 8 heteroatoms. The van der Waals surface area contributed by atoms with E-state index in [1.807, 2.05) is 12.1 Å². The van der Waals surface area contributed by atoms with Gasteiger partial charge in [0.1, 0.15) is 24.1 Å². The van der Waals surface area contributed by atoms with Crippen LogP contribution < -0.4 is 10.1 Å². The number of hydrogen-bond donors (Lipinski definition) is 1. The fourth-order valence-electron chi connectivity index (χ4n) is 2.62. The Bertz CT molecular complexity index is 1170. The standard InChI is InChI=1S/C23H14Br2ClFN2O2/c24-17-2-1-3-19(11-17)29-23(30)16(12-28)8-15-9-20(25)22(21(26)10-15)31-13-14-4-6-18(27)7-5-14/h1-11H,13H2,(H,29,30)/b16-8-. The lowest BCUT2D eigenvalue weighted by Gasteiger charge is -2.11. The first-order chi connectivity index (χ1) is 14.9. The Kier molecular flexibility index (Phi) is 7.85. The van der Waals surface area contributed by atoms with Gasteiger partial charge in [-0.1, -0.05) is 45.7 Å². The molecule has 156 valence electrons. The number of rotatable bonds is 6. The first kappa shape index (κ1) is 23.0. The molecule has 0 radical (unpaired) electrons. The zero-order valence-electron chi connectivity index (χ0n) is 15.8. The molecule has 0 aliphatic heterocycles. The van der Waals surface area contributed by atoms with E-state index in [9.17, 15) is 14.4 Å². The van der Waals surface area contributed by atoms with Gasteiger partial charge >= 0.3 is 0 Å². The highest BCUT2D eigenvalue weighted by Crippen LogP contribution is 2.35. The minimum absolute atomic E-state index is 0.0806. The zero-order valence-corrected chi connectivity index (χ0v) is 19.8. The van der Waals surface area contributed by atoms with Gasteiger partial charge in [0.25, 0.3) is 5.91 Å². The minimum atomic E-state index is -0.538. The van der Waals surface area contributed by atoms with Crippen LogP contribution in [0.15, 0.2) is 75.2 Å². The first-order valence-electron chi connectivity index (χ1n) is 8.90. The molecule has 0 aromatic heterocycles. The molecule has 0 saturated carbocycles. The largest absolute Gasteiger partial charge is 0.486 e. The zero-order chi connectivity index (χ0) is 22.4. The number of anilines is 1. The average molecular weight is 565 g/mol. The second-order valence-corrected chi connectivity index (χ2v) is 8.54. The maximum Gasteiger partial charge on any atom is 0.266 e. The summed E-state index contributed by atoms with van der Waals surface area (Å²) in [5.74, 6) is -0.457. The molecule has 0 atom stereocenters. The van der Waals surface area contributed by atoms with Crippen molar-refractivity contribution >= 4 is 61.1 Å². The molecule has 0 spiro atoms. The molecule has 0 unspecified atom stereocenters. The Morgan fingerprint density at radius 1 is 1.16 bits per heavy atom. The topological polar surface area (TPSA) is 62.1 Å². The third-order valence-electron chi connectivity index (χ3n) is 4.08. The Morgan fingerprint density at radius 2 is 1.90 bits per heavy atom. The lowest BCUT2D eigenvalue weighted by atomic mass is 10.1. The fourth-order valence-corrected chi connectivity index (χ4v) is 4.00. The highest BCUT2D eigenvalue weighted by molar-refractivity contribution is 9.10. The maximum absolute atomic E-state index is 13.0. The van der Waals surface area contributed by atoms with E-state index < -0.39 is 5.91 Å². The number of benzene rings is 3. The third-order valence-corrected chi connectivity index (χ3v) is 5.44. The average Bonchev–Trinajstić information content (AvgIpc) is 2.72. The predicted octanol–water partition coefficient (Wildman–Crippen LogP) is 7.13. The van der Waals surface area contributed by atoms with Gasteiger partial charge in [-0.3, -0.25) is 4.79 Å². The van der Waals surface area contributed by atoms with Crippen LogP contribution in [-0.4, -0.2) is 5.91 Å². The van der Waals surface area contributed by atoms with E-state index >= 15 is 0 Å². The van der Waals surface area contributed by atoms with Crippen LogP contribution in [0.5, 0.6) is 5.75 Å². The van der Waals surface area contributed by atoms with Crippen molar-refractivity contribution in [2.75, 3.05) is 5.32 Å². The van der Waals surface area contributed by atoms with Gasteiger partial charge in [0, 0.05) is 10.2 Å². The molecule has 1 N–H and O–H groups in total. The van der Waals surface area contributed by atoms with Crippen LogP contribution in [0.3, 0.4) is 0 Å². The number of amides is 1. The molecule has 31 heavy (non-hydrogen) atoms. The fraction of sp³-hybridized carbons (Fsp3) is 0.0435. The smallest absolute Gasteiger partial charge is 0.266 e. The van der Waals surface area contributed by atoms with Crippen LogP contribution in [-0.2, 0) is 11.4 Å². The Balaban J connectivity index is 1.76. The number of halogens is 4. The normalized spacial score (nSPS) is 11.0. The lowest BCUT2D eigenvalue weighted by molar-refractivity contribution is -0.112. The van der Waals surface area contributed by atoms with E-state index in [1.54, 1.807) is 42.5 Å². The van der Waals surface area contributed by atoms with E-state index in [0.717, 1.165) is 10.0 Å². The van der Waals surface area contributed by atoms with Crippen LogP contribution in [0.1, 0.15) is 11.1 Å². The van der Waals surface area contributed by atoms with Gasteiger partial charge in [0.15, 0.2) is 5.75 Å². The quantitative estimate of drug-likeness (QED) is 0.256. The summed E-state index contributed by atoms with van der Waals surface area (Å²) in [7, 11) is 0. The van der Waals surface area contributed by atoms with E-state index in [4.69, 9.17) is 16.3 Å². The molecule has 0 bridgehead atoms. The molecule has 0 aliphatic carbocycles. The van der Waals surface area contributed by atoms with Crippen molar-refractivity contribution in [2.45, 2.75) is 6.61 Å². The molecule has 0 aliphatic rings. The molecular formula is C23H14Br2ClFN2O2. The number of nitriles is 1. The van der Waals surface area contributed by atoms with Crippen molar-refractivity contribution in [1.82, 2.24) is 0 Å². The van der Waals surface area contributed by atoms with Crippen LogP contribution in [0, 0.1) is 17.1 Å². The van der Waals surface area contributed by atoms with Gasteiger partial charge < -0.3 is 10.1 Å². The van der Waals surface area contributed by atoms with Gasteiger partial charge in [-0.2, -0.15) is 5.26 Å². The highest BCUT2D eigenvalue weighted by atomic mass is 79.9. The molecule has 0 fully saturated rings. The van der Waals surface area contributed by atoms with Crippen LogP contribution in [0.25, 0.3) is 6.08 Å². The van der Waals surface area contributed by atoms with Crippen LogP contribution in [0.4, 0.5) is 10.1 Å². The van der Waals surface area contributed by atoms with Gasteiger partial charge in [-0.15, -0.1) is 0 Å². The highest BCUT2D eigenvalue weighted by Gasteiger charge is 2.13. The summed E-state index contributed by atoms with van der Waals surface area (Å²) in [5, 5.41) is 12.4. The summed E-state index contributed by atoms with van der Waals surface area (Å²) in [5.41, 5.74) is 1.81. The van der Waals surface area contributed by atoms with Crippen LogP contribution in [0.2, 0.25) is 5.02 Å². The summed E-state index contributed by atoms with van der Waals surface area (Å²) >= 11 is 13.1. The van der Waals surface area contributed by atoms with Gasteiger partial charge in [0.05, 0.1) is 9.50 Å². The van der Waals surface area contributed by atoms with E-state index in [1.165, 1.54) is 18.2 Å². The van der Waals surface area contributed by atoms with E-state index in [0.29, 0.717) is 26.5 Å². The first-order valence-corrected chi connectivity index (χ1v) is 10.9. The third kappa shape index (κ3) is 6.41. The van der Waals surface area contributed by atoms with Crippen molar-refractivity contribution in [3.63, 3.8) is 0 Å². The van der Waals surface area contributed by atoms with Crippen molar-refractivity contribution < 1.29 is 13.9 Å². The molecule has 0 saturated heterocycles. The second kappa shape index (κ2) is 10.6. The summed E-state index contributed by atoms with van der Waals surface area (Å²) in [4.78, 5) is 12.5. The molecule has 1 amide bonds. The number of hydrogen-bond acceptors (Lipinski definition) is 3. The predicted molar refractivity (Wildman–Crippen MR) is 126 cm³/mol. The van der Waals surface area contributed by atoms with Crippen molar-refractivity contribution in [2.24, 2.45) is 0 Å². The molecule has 0 heterocycles. The summed E-state index contributed by atoms with van der Waals surface area (Å²) in [6.45, 7) is 0.201. The van der Waals surface area contributed by atoms with Gasteiger partial charge in [-0.05, 0) is 75.6 Å². The van der Waals surface area contributed by atoms with E-state index in [-0.39, 0.29) is 18.0 Å². The van der Waals surface area contributed by atoms with Gasteiger partial charge in [0.2, 0.25) is 0 Å². The van der Waals surface area contributed by atoms with E-state index in [2.05, 4.69) is 37.2 Å². The van der Waals surface area contributed by atoms with Crippen molar-refractivity contribution in [3.8, 4) is 11.8 Å². The minimum Gasteiger partial charge on any atom is -0.486 e. The summed E-state index contributed by atoms with van der Waals surface area (Å²) in [6, 6.07) is 18.2. The molecule has 3 aromatic rings. The number of carbonyl (C=O) groups excluding carboxylic acids is 1. The molecule has 4 nitrogen and oxygen atoms in total. The Hall–Kier alpha value is -2.66. The van der Waals surface area contributed by atoms with Crippen molar-refractivity contribution in [3.05, 3.63) is 97.1 Å².